The van der Waals surface area contributed by atoms with Crippen LogP contribution in [0.15, 0.2) is 6.07 Å². The first-order valence-corrected chi connectivity index (χ1v) is 6.91. The number of hydrogen-bond donors (Lipinski definition) is 0. The summed E-state index contributed by atoms with van der Waals surface area (Å²) in [6, 6.07) is 1.53. The van der Waals surface area contributed by atoms with Gasteiger partial charge in [0.1, 0.15) is 5.56 Å². The molecule has 0 bridgehead atoms. The van der Waals surface area contributed by atoms with Crippen LogP contribution >= 0.6 is 0 Å². The van der Waals surface area contributed by atoms with Gasteiger partial charge in [-0.2, -0.15) is 0 Å². The molecule has 1 aromatic carbocycles. The lowest BCUT2D eigenvalue weighted by Gasteiger charge is -2.32. The molecular weight excluding hydrogens is 272 g/mol. The van der Waals surface area contributed by atoms with E-state index in [0.29, 0.717) is 5.56 Å². The molecule has 0 saturated carbocycles. The first-order chi connectivity index (χ1) is 9.44. The van der Waals surface area contributed by atoms with Gasteiger partial charge in [0.2, 0.25) is 0 Å². The first kappa shape index (κ1) is 15.4. The second-order valence-electron chi connectivity index (χ2n) is 6.97. The fourth-order valence-electron chi connectivity index (χ4n) is 3.68. The van der Waals surface area contributed by atoms with Crippen LogP contribution in [-0.2, 0) is 10.8 Å². The molecule has 0 saturated heterocycles. The van der Waals surface area contributed by atoms with Crippen LogP contribution in [0.2, 0.25) is 0 Å². The Kier molecular flexibility index (Phi) is 3.12. The number of fused-ring (bicyclic) bond motifs is 1. The molecule has 0 spiro atoms. The molecule has 21 heavy (non-hydrogen) atoms. The summed E-state index contributed by atoms with van der Waals surface area (Å²) in [5.41, 5.74) is 0.502. The molecular formula is C15H20N2O4. The van der Waals surface area contributed by atoms with E-state index in [1.165, 1.54) is 13.0 Å². The highest BCUT2D eigenvalue weighted by Crippen LogP contribution is 2.58. The highest BCUT2D eigenvalue weighted by molar-refractivity contribution is 5.67. The van der Waals surface area contributed by atoms with E-state index in [9.17, 15) is 20.2 Å². The zero-order valence-electron chi connectivity index (χ0n) is 13.2. The van der Waals surface area contributed by atoms with E-state index < -0.39 is 15.3 Å². The molecule has 1 atom stereocenters. The number of benzene rings is 1. The normalized spacial score (nSPS) is 21.9. The summed E-state index contributed by atoms with van der Waals surface area (Å²) >= 11 is 0. The van der Waals surface area contributed by atoms with E-state index in [4.69, 9.17) is 0 Å². The Bertz CT molecular complexity index is 662. The summed E-state index contributed by atoms with van der Waals surface area (Å²) in [4.78, 5) is 21.8. The fraction of sp³-hybridized carbons (Fsp3) is 0.600. The van der Waals surface area contributed by atoms with Gasteiger partial charge in [0, 0.05) is 17.0 Å². The number of nitrogens with zero attached hydrogens (tertiary/aromatic N) is 2. The van der Waals surface area contributed by atoms with Gasteiger partial charge in [-0.05, 0) is 23.8 Å². The molecule has 1 aromatic rings. The lowest BCUT2D eigenvalue weighted by Crippen LogP contribution is -2.31. The molecule has 6 nitrogen and oxygen atoms in total. The Hall–Kier alpha value is -1.98. The van der Waals surface area contributed by atoms with Crippen molar-refractivity contribution >= 4 is 11.4 Å². The van der Waals surface area contributed by atoms with Gasteiger partial charge in [-0.3, -0.25) is 20.2 Å². The second-order valence-corrected chi connectivity index (χ2v) is 6.97. The number of rotatable bonds is 2. The van der Waals surface area contributed by atoms with Crippen LogP contribution in [0.5, 0.6) is 0 Å². The Morgan fingerprint density at radius 2 is 1.57 bits per heavy atom. The topological polar surface area (TPSA) is 86.3 Å². The first-order valence-electron chi connectivity index (χ1n) is 6.91. The third kappa shape index (κ3) is 1.85. The van der Waals surface area contributed by atoms with Crippen LogP contribution in [-0.4, -0.2) is 9.85 Å². The minimum atomic E-state index is -0.533. The van der Waals surface area contributed by atoms with Crippen molar-refractivity contribution in [2.24, 2.45) is 5.92 Å². The Morgan fingerprint density at radius 3 is 2.00 bits per heavy atom. The molecule has 6 heteroatoms. The zero-order valence-corrected chi connectivity index (χ0v) is 13.2. The second kappa shape index (κ2) is 4.26. The maximum atomic E-state index is 11.5. The van der Waals surface area contributed by atoms with Gasteiger partial charge in [0.15, 0.2) is 0 Å². The molecule has 0 aliphatic heterocycles. The van der Waals surface area contributed by atoms with E-state index in [1.807, 2.05) is 34.6 Å². The van der Waals surface area contributed by atoms with Crippen LogP contribution in [0, 0.1) is 33.1 Å². The molecule has 0 aromatic heterocycles. The summed E-state index contributed by atoms with van der Waals surface area (Å²) in [6.07, 6.45) is 0. The quantitative estimate of drug-likeness (QED) is 0.608. The Balaban J connectivity index is 2.99. The monoisotopic (exact) mass is 292 g/mol. The van der Waals surface area contributed by atoms with E-state index >= 15 is 0 Å². The van der Waals surface area contributed by atoms with Crippen LogP contribution in [0.25, 0.3) is 0 Å². The molecule has 0 amide bonds. The molecule has 0 N–H and O–H groups in total. The minimum Gasteiger partial charge on any atom is -0.258 e. The lowest BCUT2D eigenvalue weighted by atomic mass is 9.71. The van der Waals surface area contributed by atoms with Crippen molar-refractivity contribution in [2.45, 2.75) is 52.4 Å². The zero-order chi connectivity index (χ0) is 16.3. The van der Waals surface area contributed by atoms with Crippen molar-refractivity contribution in [2.75, 3.05) is 0 Å². The maximum Gasteiger partial charge on any atom is 0.283 e. The molecule has 1 aliphatic rings. The van der Waals surface area contributed by atoms with Gasteiger partial charge in [0.25, 0.3) is 11.4 Å². The van der Waals surface area contributed by atoms with E-state index in [0.717, 1.165) is 5.56 Å². The average molecular weight is 292 g/mol. The van der Waals surface area contributed by atoms with Crippen LogP contribution in [0.1, 0.15) is 51.3 Å². The highest BCUT2D eigenvalue weighted by Gasteiger charge is 2.53. The highest BCUT2D eigenvalue weighted by atomic mass is 16.6. The van der Waals surface area contributed by atoms with Crippen molar-refractivity contribution in [3.05, 3.63) is 43.0 Å². The van der Waals surface area contributed by atoms with E-state index in [1.54, 1.807) is 0 Å². The smallest absolute Gasteiger partial charge is 0.258 e. The van der Waals surface area contributed by atoms with Crippen molar-refractivity contribution in [3.8, 4) is 0 Å². The SMILES string of the molecule is Cc1c([N+](=O)[O-])cc2c(c1[N+](=O)[O-])C(C)(C)[C@@H](C)C2(C)C. The van der Waals surface area contributed by atoms with E-state index in [-0.39, 0.29) is 28.3 Å². The standard InChI is InChI=1S/C15H20N2O4/c1-8-11(16(18)19)7-10-12(13(8)17(20)21)15(5,6)9(2)14(10,3)4/h7,9H,1-6H3/t9-/m0/s1. The summed E-state index contributed by atoms with van der Waals surface area (Å²) in [5.74, 6) is 0.139. The van der Waals surface area contributed by atoms with Gasteiger partial charge in [-0.25, -0.2) is 0 Å². The maximum absolute atomic E-state index is 11.5. The van der Waals surface area contributed by atoms with Crippen molar-refractivity contribution in [3.63, 3.8) is 0 Å². The fourth-order valence-corrected chi connectivity index (χ4v) is 3.68. The predicted molar refractivity (Wildman–Crippen MR) is 79.7 cm³/mol. The van der Waals surface area contributed by atoms with Gasteiger partial charge < -0.3 is 0 Å². The summed E-state index contributed by atoms with van der Waals surface area (Å²) in [7, 11) is 0. The van der Waals surface area contributed by atoms with Crippen LogP contribution in [0.4, 0.5) is 11.4 Å². The molecule has 1 aliphatic carbocycles. The number of hydrogen-bond acceptors (Lipinski definition) is 4. The largest absolute Gasteiger partial charge is 0.283 e. The summed E-state index contributed by atoms with van der Waals surface area (Å²) < 4.78 is 0. The molecule has 0 unspecified atom stereocenters. The molecule has 0 heterocycles. The molecule has 0 fully saturated rings. The van der Waals surface area contributed by atoms with Crippen molar-refractivity contribution in [1.82, 2.24) is 0 Å². The Labute approximate surface area is 123 Å². The Morgan fingerprint density at radius 1 is 1.05 bits per heavy atom. The number of nitro benzene ring substituents is 2. The minimum absolute atomic E-state index is 0.0957. The molecule has 114 valence electrons. The molecule has 2 rings (SSSR count). The van der Waals surface area contributed by atoms with Gasteiger partial charge in [0.05, 0.1) is 9.85 Å². The van der Waals surface area contributed by atoms with E-state index in [2.05, 4.69) is 0 Å². The predicted octanol–water partition coefficient (Wildman–Crippen LogP) is 4.02. The van der Waals surface area contributed by atoms with Crippen molar-refractivity contribution < 1.29 is 9.85 Å². The van der Waals surface area contributed by atoms with Crippen molar-refractivity contribution in [1.29, 1.82) is 0 Å². The van der Waals surface area contributed by atoms with Crippen LogP contribution in [0.3, 0.4) is 0 Å². The summed E-state index contributed by atoms with van der Waals surface area (Å²) in [6.45, 7) is 11.4. The summed E-state index contributed by atoms with van der Waals surface area (Å²) in [5, 5.41) is 22.8. The molecule has 0 radical (unpaired) electrons. The third-order valence-corrected chi connectivity index (χ3v) is 5.41. The third-order valence-electron chi connectivity index (χ3n) is 5.41. The lowest BCUT2D eigenvalue weighted by molar-refractivity contribution is -0.395. The van der Waals surface area contributed by atoms with Gasteiger partial charge in [-0.15, -0.1) is 0 Å². The van der Waals surface area contributed by atoms with Crippen LogP contribution < -0.4 is 0 Å². The average Bonchev–Trinajstić information content (AvgIpc) is 2.47. The van der Waals surface area contributed by atoms with Gasteiger partial charge in [-0.1, -0.05) is 34.6 Å². The van der Waals surface area contributed by atoms with Gasteiger partial charge >= 0.3 is 0 Å². The number of nitro groups is 2.